The van der Waals surface area contributed by atoms with Crippen LogP contribution in [0.1, 0.15) is 50.8 Å². The van der Waals surface area contributed by atoms with E-state index in [1.807, 2.05) is 0 Å². The van der Waals surface area contributed by atoms with E-state index in [1.54, 1.807) is 0 Å². The third-order valence-electron chi connectivity index (χ3n) is 3.78. The van der Waals surface area contributed by atoms with Gasteiger partial charge in [0.2, 0.25) is 0 Å². The average molecular weight is 262 g/mol. The monoisotopic (exact) mass is 262 g/mol. The third-order valence-corrected chi connectivity index (χ3v) is 3.78. The van der Waals surface area contributed by atoms with Crippen LogP contribution in [0.4, 0.5) is 0 Å². The van der Waals surface area contributed by atoms with Gasteiger partial charge < -0.3 is 10.2 Å². The smallest absolute Gasteiger partial charge is 0.0292 e. The first-order chi connectivity index (χ1) is 9.17. The van der Waals surface area contributed by atoms with Gasteiger partial charge in [0.15, 0.2) is 0 Å². The lowest BCUT2D eigenvalue weighted by Crippen LogP contribution is -2.30. The molecule has 2 nitrogen and oxygen atoms in total. The molecule has 0 bridgehead atoms. The molecule has 0 saturated carbocycles. The van der Waals surface area contributed by atoms with E-state index in [1.165, 1.54) is 30.4 Å². The van der Waals surface area contributed by atoms with Crippen molar-refractivity contribution in [3.8, 4) is 0 Å². The number of hydrogen-bond donors (Lipinski definition) is 1. The topological polar surface area (TPSA) is 15.3 Å². The molecule has 0 fully saturated rings. The van der Waals surface area contributed by atoms with Crippen LogP contribution < -0.4 is 5.32 Å². The van der Waals surface area contributed by atoms with Crippen molar-refractivity contribution in [1.82, 2.24) is 10.2 Å². The summed E-state index contributed by atoms with van der Waals surface area (Å²) < 4.78 is 0. The fourth-order valence-electron chi connectivity index (χ4n) is 2.10. The fourth-order valence-corrected chi connectivity index (χ4v) is 2.10. The number of rotatable bonds is 9. The minimum atomic E-state index is 0.436. The molecule has 19 heavy (non-hydrogen) atoms. The molecule has 2 heteroatoms. The summed E-state index contributed by atoms with van der Waals surface area (Å²) in [5.74, 6) is 0. The fraction of sp³-hybridized carbons (Fsp3) is 0.647. The molecule has 0 aliphatic carbocycles. The van der Waals surface area contributed by atoms with Crippen LogP contribution in [0.15, 0.2) is 24.3 Å². The molecule has 1 aromatic carbocycles. The van der Waals surface area contributed by atoms with Crippen molar-refractivity contribution in [3.63, 3.8) is 0 Å². The van der Waals surface area contributed by atoms with E-state index in [2.05, 4.69) is 62.3 Å². The Morgan fingerprint density at radius 1 is 1.16 bits per heavy atom. The van der Waals surface area contributed by atoms with Crippen molar-refractivity contribution in [1.29, 1.82) is 0 Å². The molecule has 0 radical (unpaired) electrons. The number of hydrogen-bond acceptors (Lipinski definition) is 2. The van der Waals surface area contributed by atoms with Crippen molar-refractivity contribution >= 4 is 0 Å². The summed E-state index contributed by atoms with van der Waals surface area (Å²) >= 11 is 0. The predicted octanol–water partition coefficient (Wildman–Crippen LogP) is 3.63. The van der Waals surface area contributed by atoms with Crippen molar-refractivity contribution < 1.29 is 0 Å². The Hall–Kier alpha value is -0.860. The first-order valence-corrected chi connectivity index (χ1v) is 7.68. The van der Waals surface area contributed by atoms with E-state index >= 15 is 0 Å². The second-order valence-electron chi connectivity index (χ2n) is 5.42. The zero-order valence-electron chi connectivity index (χ0n) is 13.1. The second-order valence-corrected chi connectivity index (χ2v) is 5.42. The maximum absolute atomic E-state index is 3.59. The van der Waals surface area contributed by atoms with E-state index in [0.29, 0.717) is 6.04 Å². The van der Waals surface area contributed by atoms with Gasteiger partial charge in [-0.05, 0) is 44.5 Å². The lowest BCUT2D eigenvalue weighted by molar-refractivity contribution is 0.342. The van der Waals surface area contributed by atoms with Crippen LogP contribution in [-0.4, -0.2) is 31.6 Å². The summed E-state index contributed by atoms with van der Waals surface area (Å²) in [7, 11) is 2.16. The van der Waals surface area contributed by atoms with Gasteiger partial charge in [-0.2, -0.15) is 0 Å². The van der Waals surface area contributed by atoms with Crippen LogP contribution in [-0.2, 0) is 6.42 Å². The van der Waals surface area contributed by atoms with Crippen molar-refractivity contribution in [3.05, 3.63) is 35.4 Å². The zero-order valence-corrected chi connectivity index (χ0v) is 13.1. The van der Waals surface area contributed by atoms with E-state index in [9.17, 15) is 0 Å². The Kier molecular flexibility index (Phi) is 7.76. The van der Waals surface area contributed by atoms with E-state index in [-0.39, 0.29) is 0 Å². The molecular weight excluding hydrogens is 232 g/mol. The van der Waals surface area contributed by atoms with Gasteiger partial charge in [-0.15, -0.1) is 0 Å². The molecule has 1 unspecified atom stereocenters. The van der Waals surface area contributed by atoms with Crippen LogP contribution >= 0.6 is 0 Å². The summed E-state index contributed by atoms with van der Waals surface area (Å²) in [6.07, 6.45) is 3.76. The van der Waals surface area contributed by atoms with Gasteiger partial charge in [-0.1, -0.05) is 44.5 Å². The Morgan fingerprint density at radius 2 is 1.84 bits per heavy atom. The molecule has 0 aliphatic heterocycles. The van der Waals surface area contributed by atoms with Gasteiger partial charge in [0.1, 0.15) is 0 Å². The highest BCUT2D eigenvalue weighted by atomic mass is 15.1. The van der Waals surface area contributed by atoms with Crippen LogP contribution in [0.25, 0.3) is 0 Å². The van der Waals surface area contributed by atoms with Gasteiger partial charge in [0, 0.05) is 19.1 Å². The number of aryl methyl sites for hydroxylation is 1. The Morgan fingerprint density at radius 3 is 2.42 bits per heavy atom. The highest BCUT2D eigenvalue weighted by Crippen LogP contribution is 2.14. The quantitative estimate of drug-likeness (QED) is 0.731. The van der Waals surface area contributed by atoms with E-state index in [0.717, 1.165) is 19.6 Å². The maximum atomic E-state index is 3.59. The third kappa shape index (κ3) is 6.22. The molecule has 1 rings (SSSR count). The molecule has 0 aromatic heterocycles. The van der Waals surface area contributed by atoms with E-state index in [4.69, 9.17) is 0 Å². The molecule has 108 valence electrons. The molecule has 1 N–H and O–H groups in total. The minimum Gasteiger partial charge on any atom is -0.309 e. The van der Waals surface area contributed by atoms with Crippen molar-refractivity contribution in [2.24, 2.45) is 0 Å². The van der Waals surface area contributed by atoms with Gasteiger partial charge >= 0.3 is 0 Å². The molecule has 0 aliphatic rings. The van der Waals surface area contributed by atoms with Crippen LogP contribution in [0.5, 0.6) is 0 Å². The SMILES string of the molecule is CCCCc1ccc(C(C)NCCN(C)CC)cc1. The van der Waals surface area contributed by atoms with Gasteiger partial charge in [-0.25, -0.2) is 0 Å². The number of unbranched alkanes of at least 4 members (excludes halogenated alkanes) is 1. The van der Waals surface area contributed by atoms with Crippen LogP contribution in [0.3, 0.4) is 0 Å². The Bertz CT molecular complexity index is 332. The molecular formula is C17H30N2. The van der Waals surface area contributed by atoms with Crippen LogP contribution in [0, 0.1) is 0 Å². The summed E-state index contributed by atoms with van der Waals surface area (Å²) in [4.78, 5) is 2.33. The lowest BCUT2D eigenvalue weighted by Gasteiger charge is -2.18. The summed E-state index contributed by atoms with van der Waals surface area (Å²) in [5.41, 5.74) is 2.85. The minimum absolute atomic E-state index is 0.436. The number of nitrogens with one attached hydrogen (secondary N) is 1. The maximum Gasteiger partial charge on any atom is 0.0292 e. The Labute approximate surface area is 119 Å². The molecule has 0 heterocycles. The highest BCUT2D eigenvalue weighted by molar-refractivity contribution is 5.24. The zero-order chi connectivity index (χ0) is 14.1. The Balaban J connectivity index is 2.37. The van der Waals surface area contributed by atoms with Gasteiger partial charge in [-0.3, -0.25) is 0 Å². The van der Waals surface area contributed by atoms with Gasteiger partial charge in [0.25, 0.3) is 0 Å². The van der Waals surface area contributed by atoms with Crippen molar-refractivity contribution in [2.45, 2.75) is 46.1 Å². The largest absolute Gasteiger partial charge is 0.309 e. The lowest BCUT2D eigenvalue weighted by atomic mass is 10.0. The molecule has 0 saturated heterocycles. The summed E-state index contributed by atoms with van der Waals surface area (Å²) in [6.45, 7) is 9.94. The first-order valence-electron chi connectivity index (χ1n) is 7.68. The predicted molar refractivity (Wildman–Crippen MR) is 84.6 cm³/mol. The average Bonchev–Trinajstić information content (AvgIpc) is 2.45. The summed E-state index contributed by atoms with van der Waals surface area (Å²) in [6, 6.07) is 9.53. The van der Waals surface area contributed by atoms with Crippen LogP contribution in [0.2, 0.25) is 0 Å². The standard InChI is InChI=1S/C17H30N2/c1-5-7-8-16-9-11-17(12-10-16)15(3)18-13-14-19(4)6-2/h9-12,15,18H,5-8,13-14H2,1-4H3. The van der Waals surface area contributed by atoms with E-state index < -0.39 is 0 Å². The molecule has 0 amide bonds. The number of nitrogens with zero attached hydrogens (tertiary/aromatic N) is 1. The number of benzene rings is 1. The first kappa shape index (κ1) is 16.2. The summed E-state index contributed by atoms with van der Waals surface area (Å²) in [5, 5.41) is 3.59. The highest BCUT2D eigenvalue weighted by Gasteiger charge is 2.04. The normalized spacial score (nSPS) is 12.9. The molecule has 0 spiro atoms. The molecule has 1 atom stereocenters. The number of likely N-dealkylation sites (N-methyl/N-ethyl adjacent to an activating group) is 1. The van der Waals surface area contributed by atoms with Gasteiger partial charge in [0.05, 0.1) is 0 Å². The molecule has 1 aromatic rings. The second kappa shape index (κ2) is 9.11. The van der Waals surface area contributed by atoms with Crippen molar-refractivity contribution in [2.75, 3.05) is 26.7 Å².